The number of amides is 2. The first-order valence-corrected chi connectivity index (χ1v) is 6.20. The van der Waals surface area contributed by atoms with E-state index >= 15 is 0 Å². The van der Waals surface area contributed by atoms with Crippen LogP contribution in [-0.2, 0) is 0 Å². The van der Waals surface area contributed by atoms with E-state index in [1.807, 2.05) is 0 Å². The molecule has 2 rings (SSSR count). The third kappa shape index (κ3) is 3.93. The lowest BCUT2D eigenvalue weighted by Gasteiger charge is -2.09. The smallest absolute Gasteiger partial charge is 0.335 e. The highest BCUT2D eigenvalue weighted by molar-refractivity contribution is 6.30. The zero-order chi connectivity index (χ0) is 15.4. The van der Waals surface area contributed by atoms with Gasteiger partial charge >= 0.3 is 12.0 Å². The Morgan fingerprint density at radius 3 is 2.33 bits per heavy atom. The van der Waals surface area contributed by atoms with E-state index in [-0.39, 0.29) is 16.3 Å². The number of hydrogen-bond donors (Lipinski definition) is 3. The second-order valence-electron chi connectivity index (χ2n) is 4.09. The summed E-state index contributed by atoms with van der Waals surface area (Å²) in [6.07, 6.45) is 0. The van der Waals surface area contributed by atoms with Crippen LogP contribution in [0, 0.1) is 5.82 Å². The Morgan fingerprint density at radius 1 is 1.05 bits per heavy atom. The number of carbonyl (C=O) groups is 2. The molecule has 21 heavy (non-hydrogen) atoms. The van der Waals surface area contributed by atoms with Crippen LogP contribution in [0.4, 0.5) is 20.6 Å². The minimum absolute atomic E-state index is 0.0536. The summed E-state index contributed by atoms with van der Waals surface area (Å²) in [7, 11) is 0. The van der Waals surface area contributed by atoms with Crippen LogP contribution in [0.2, 0.25) is 5.02 Å². The summed E-state index contributed by atoms with van der Waals surface area (Å²) < 4.78 is 13.4. The fraction of sp³-hybridized carbons (Fsp3) is 0. The molecule has 2 aromatic carbocycles. The fourth-order valence-corrected chi connectivity index (χ4v) is 1.75. The van der Waals surface area contributed by atoms with E-state index in [4.69, 9.17) is 16.7 Å². The van der Waals surface area contributed by atoms with Gasteiger partial charge < -0.3 is 15.7 Å². The molecule has 108 valence electrons. The number of hydrogen-bond acceptors (Lipinski definition) is 2. The molecule has 0 aliphatic heterocycles. The average Bonchev–Trinajstić information content (AvgIpc) is 2.43. The largest absolute Gasteiger partial charge is 0.478 e. The fourth-order valence-electron chi connectivity index (χ4n) is 1.57. The van der Waals surface area contributed by atoms with E-state index in [9.17, 15) is 14.0 Å². The summed E-state index contributed by atoms with van der Waals surface area (Å²) in [5.74, 6) is -1.68. The summed E-state index contributed by atoms with van der Waals surface area (Å²) in [5, 5.41) is 13.8. The predicted octanol–water partition coefficient (Wildman–Crippen LogP) is 3.82. The van der Waals surface area contributed by atoms with Crippen molar-refractivity contribution in [1.82, 2.24) is 0 Å². The highest BCUT2D eigenvalue weighted by Crippen LogP contribution is 2.20. The molecule has 0 heterocycles. The molecule has 7 heteroatoms. The summed E-state index contributed by atoms with van der Waals surface area (Å²) >= 11 is 5.71. The SMILES string of the molecule is O=C(Nc1ccc(C(=O)O)cc1)Nc1cc(Cl)ccc1F. The molecular formula is C14H10ClFN2O3. The number of carboxylic acids is 1. The van der Waals surface area contributed by atoms with Crippen LogP contribution in [0.25, 0.3) is 0 Å². The summed E-state index contributed by atoms with van der Waals surface area (Å²) in [6, 6.07) is 8.66. The topological polar surface area (TPSA) is 78.4 Å². The van der Waals surface area contributed by atoms with E-state index in [2.05, 4.69) is 10.6 Å². The molecule has 0 aliphatic rings. The second kappa shape index (κ2) is 6.23. The molecule has 0 aromatic heterocycles. The highest BCUT2D eigenvalue weighted by Gasteiger charge is 2.08. The number of anilines is 2. The van der Waals surface area contributed by atoms with E-state index in [1.54, 1.807) is 0 Å². The maximum absolute atomic E-state index is 13.4. The molecule has 0 atom stereocenters. The van der Waals surface area contributed by atoms with Gasteiger partial charge in [-0.15, -0.1) is 0 Å². The number of halogens is 2. The third-order valence-electron chi connectivity index (χ3n) is 2.57. The number of aromatic carboxylic acids is 1. The van der Waals surface area contributed by atoms with Crippen LogP contribution in [0.5, 0.6) is 0 Å². The van der Waals surface area contributed by atoms with Crippen molar-refractivity contribution in [1.29, 1.82) is 0 Å². The molecule has 0 bridgehead atoms. The molecule has 5 nitrogen and oxygen atoms in total. The van der Waals surface area contributed by atoms with Gasteiger partial charge in [0.15, 0.2) is 0 Å². The van der Waals surface area contributed by atoms with Crippen LogP contribution in [-0.4, -0.2) is 17.1 Å². The molecule has 3 N–H and O–H groups in total. The number of urea groups is 1. The second-order valence-corrected chi connectivity index (χ2v) is 4.52. The standard InChI is InChI=1S/C14H10ClFN2O3/c15-9-3-6-11(16)12(7-9)18-14(21)17-10-4-1-8(2-5-10)13(19)20/h1-7H,(H,19,20)(H2,17,18,21). The van der Waals surface area contributed by atoms with Gasteiger partial charge in [-0.25, -0.2) is 14.0 Å². The molecule has 0 unspecified atom stereocenters. The van der Waals surface area contributed by atoms with E-state index in [0.29, 0.717) is 5.69 Å². The predicted molar refractivity (Wildman–Crippen MR) is 77.5 cm³/mol. The van der Waals surface area contributed by atoms with Crippen molar-refractivity contribution in [3.63, 3.8) is 0 Å². The quantitative estimate of drug-likeness (QED) is 0.806. The van der Waals surface area contributed by atoms with Gasteiger partial charge in [0.1, 0.15) is 5.82 Å². The van der Waals surface area contributed by atoms with Gasteiger partial charge in [0.25, 0.3) is 0 Å². The highest BCUT2D eigenvalue weighted by atomic mass is 35.5. The maximum atomic E-state index is 13.4. The number of carbonyl (C=O) groups excluding carboxylic acids is 1. The van der Waals surface area contributed by atoms with Crippen molar-refractivity contribution >= 4 is 35.0 Å². The Hall–Kier alpha value is -2.60. The molecular weight excluding hydrogens is 299 g/mol. The van der Waals surface area contributed by atoms with Crippen LogP contribution < -0.4 is 10.6 Å². The van der Waals surface area contributed by atoms with Crippen molar-refractivity contribution in [3.05, 3.63) is 58.9 Å². The lowest BCUT2D eigenvalue weighted by atomic mass is 10.2. The molecule has 0 spiro atoms. The summed E-state index contributed by atoms with van der Waals surface area (Å²) in [5.41, 5.74) is 0.420. The average molecular weight is 309 g/mol. The third-order valence-corrected chi connectivity index (χ3v) is 2.80. The first kappa shape index (κ1) is 14.8. The molecule has 0 saturated carbocycles. The van der Waals surface area contributed by atoms with Crippen molar-refractivity contribution in [3.8, 4) is 0 Å². The van der Waals surface area contributed by atoms with Gasteiger partial charge in [-0.1, -0.05) is 11.6 Å². The van der Waals surface area contributed by atoms with E-state index < -0.39 is 17.8 Å². The van der Waals surface area contributed by atoms with Crippen LogP contribution in [0.15, 0.2) is 42.5 Å². The zero-order valence-corrected chi connectivity index (χ0v) is 11.3. The Bertz CT molecular complexity index is 689. The normalized spacial score (nSPS) is 10.0. The van der Waals surface area contributed by atoms with Gasteiger partial charge in [-0.2, -0.15) is 0 Å². The number of carboxylic acid groups (broad SMARTS) is 1. The molecule has 0 saturated heterocycles. The van der Waals surface area contributed by atoms with Crippen LogP contribution in [0.3, 0.4) is 0 Å². The van der Waals surface area contributed by atoms with Gasteiger partial charge in [-0.3, -0.25) is 0 Å². The van der Waals surface area contributed by atoms with Crippen molar-refractivity contribution in [2.24, 2.45) is 0 Å². The van der Waals surface area contributed by atoms with E-state index in [1.165, 1.54) is 36.4 Å². The van der Waals surface area contributed by atoms with Crippen molar-refractivity contribution in [2.75, 3.05) is 10.6 Å². The molecule has 0 radical (unpaired) electrons. The number of benzene rings is 2. The van der Waals surface area contributed by atoms with Gasteiger partial charge in [0.2, 0.25) is 0 Å². The molecule has 2 amide bonds. The van der Waals surface area contributed by atoms with Crippen molar-refractivity contribution < 1.29 is 19.1 Å². The molecule has 0 fully saturated rings. The Balaban J connectivity index is 2.04. The first-order chi connectivity index (χ1) is 9.95. The number of rotatable bonds is 3. The molecule has 0 aliphatic carbocycles. The number of nitrogens with one attached hydrogen (secondary N) is 2. The maximum Gasteiger partial charge on any atom is 0.335 e. The lowest BCUT2D eigenvalue weighted by Crippen LogP contribution is -2.20. The van der Waals surface area contributed by atoms with E-state index in [0.717, 1.165) is 6.07 Å². The monoisotopic (exact) mass is 308 g/mol. The molecule has 2 aromatic rings. The summed E-state index contributed by atoms with van der Waals surface area (Å²) in [4.78, 5) is 22.4. The van der Waals surface area contributed by atoms with Gasteiger partial charge in [0.05, 0.1) is 11.3 Å². The zero-order valence-electron chi connectivity index (χ0n) is 10.6. The van der Waals surface area contributed by atoms with Crippen LogP contribution >= 0.6 is 11.6 Å². The van der Waals surface area contributed by atoms with Crippen LogP contribution in [0.1, 0.15) is 10.4 Å². The summed E-state index contributed by atoms with van der Waals surface area (Å²) in [6.45, 7) is 0. The van der Waals surface area contributed by atoms with Gasteiger partial charge in [0, 0.05) is 10.7 Å². The van der Waals surface area contributed by atoms with Gasteiger partial charge in [-0.05, 0) is 42.5 Å². The minimum Gasteiger partial charge on any atom is -0.478 e. The lowest BCUT2D eigenvalue weighted by molar-refractivity contribution is 0.0697. The van der Waals surface area contributed by atoms with Crippen molar-refractivity contribution in [2.45, 2.75) is 0 Å². The Kier molecular flexibility index (Phi) is 4.39. The first-order valence-electron chi connectivity index (χ1n) is 5.82. The Morgan fingerprint density at radius 2 is 1.71 bits per heavy atom. The minimum atomic E-state index is -1.06. The Labute approximate surface area is 124 Å².